The van der Waals surface area contributed by atoms with Crippen molar-refractivity contribution >= 4 is 0 Å². The summed E-state index contributed by atoms with van der Waals surface area (Å²) in [4.78, 5) is 2.14. The van der Waals surface area contributed by atoms with Crippen molar-refractivity contribution in [3.63, 3.8) is 0 Å². The third-order valence-electron chi connectivity index (χ3n) is 5.28. The molecule has 0 amide bonds. The lowest BCUT2D eigenvalue weighted by atomic mass is 9.85. The van der Waals surface area contributed by atoms with Gasteiger partial charge in [0, 0.05) is 13.1 Å². The second-order valence-electron chi connectivity index (χ2n) is 8.03. The zero-order chi connectivity index (χ0) is 20.1. The molecule has 0 fully saturated rings. The highest BCUT2D eigenvalue weighted by Gasteiger charge is 2.25. The van der Waals surface area contributed by atoms with Crippen molar-refractivity contribution < 1.29 is 9.47 Å². The molecule has 0 bridgehead atoms. The van der Waals surface area contributed by atoms with Gasteiger partial charge in [-0.1, -0.05) is 26.0 Å². The van der Waals surface area contributed by atoms with E-state index in [4.69, 9.17) is 9.47 Å². The molecule has 28 heavy (non-hydrogen) atoms. The lowest BCUT2D eigenvalue weighted by Gasteiger charge is -2.30. The summed E-state index contributed by atoms with van der Waals surface area (Å²) in [6.07, 6.45) is 1.03. The van der Waals surface area contributed by atoms with Crippen LogP contribution >= 0.6 is 0 Å². The number of nitrogens with zero attached hydrogens (tertiary/aromatic N) is 1. The SMILES string of the molecule is CCOc1ccc(C2NCCc3cc(OCCN(C)C)ccc32)c(C(C)C)c1. The summed E-state index contributed by atoms with van der Waals surface area (Å²) in [5.74, 6) is 2.36. The van der Waals surface area contributed by atoms with Gasteiger partial charge in [-0.15, -0.1) is 0 Å². The summed E-state index contributed by atoms with van der Waals surface area (Å²) in [7, 11) is 4.13. The average molecular weight is 383 g/mol. The summed E-state index contributed by atoms with van der Waals surface area (Å²) in [5, 5.41) is 3.73. The van der Waals surface area contributed by atoms with E-state index in [1.807, 2.05) is 6.92 Å². The molecule has 152 valence electrons. The third-order valence-corrected chi connectivity index (χ3v) is 5.28. The van der Waals surface area contributed by atoms with Crippen molar-refractivity contribution in [2.45, 2.75) is 39.2 Å². The van der Waals surface area contributed by atoms with Crippen LogP contribution in [-0.4, -0.2) is 45.3 Å². The van der Waals surface area contributed by atoms with Gasteiger partial charge in [0.2, 0.25) is 0 Å². The lowest BCUT2D eigenvalue weighted by Crippen LogP contribution is -2.31. The van der Waals surface area contributed by atoms with Crippen LogP contribution in [0.2, 0.25) is 0 Å². The molecule has 1 unspecified atom stereocenters. The van der Waals surface area contributed by atoms with E-state index in [0.717, 1.165) is 31.0 Å². The number of ether oxygens (including phenoxy) is 2. The van der Waals surface area contributed by atoms with Gasteiger partial charge in [-0.25, -0.2) is 0 Å². The molecule has 1 N–H and O–H groups in total. The largest absolute Gasteiger partial charge is 0.494 e. The molecule has 0 spiro atoms. The van der Waals surface area contributed by atoms with E-state index in [0.29, 0.717) is 19.1 Å². The van der Waals surface area contributed by atoms with Gasteiger partial charge in [0.25, 0.3) is 0 Å². The van der Waals surface area contributed by atoms with Gasteiger partial charge >= 0.3 is 0 Å². The normalized spacial score (nSPS) is 16.3. The molecule has 2 aromatic carbocycles. The van der Waals surface area contributed by atoms with Crippen LogP contribution in [0.3, 0.4) is 0 Å². The monoisotopic (exact) mass is 382 g/mol. The van der Waals surface area contributed by atoms with E-state index in [2.05, 4.69) is 74.6 Å². The first-order valence-corrected chi connectivity index (χ1v) is 10.4. The van der Waals surface area contributed by atoms with E-state index in [-0.39, 0.29) is 6.04 Å². The van der Waals surface area contributed by atoms with Crippen LogP contribution in [0, 0.1) is 0 Å². The quantitative estimate of drug-likeness (QED) is 0.734. The number of likely N-dealkylation sites (N-methyl/N-ethyl adjacent to an activating group) is 1. The van der Waals surface area contributed by atoms with Crippen molar-refractivity contribution in [2.24, 2.45) is 0 Å². The van der Waals surface area contributed by atoms with Gasteiger partial charge in [-0.2, -0.15) is 0 Å². The molecule has 1 aliphatic heterocycles. The lowest BCUT2D eigenvalue weighted by molar-refractivity contribution is 0.261. The van der Waals surface area contributed by atoms with E-state index >= 15 is 0 Å². The minimum Gasteiger partial charge on any atom is -0.494 e. The van der Waals surface area contributed by atoms with Gasteiger partial charge in [0.05, 0.1) is 12.6 Å². The fourth-order valence-corrected chi connectivity index (χ4v) is 3.83. The molecule has 1 aliphatic rings. The molecule has 1 atom stereocenters. The number of fused-ring (bicyclic) bond motifs is 1. The van der Waals surface area contributed by atoms with Crippen molar-refractivity contribution in [1.82, 2.24) is 10.2 Å². The van der Waals surface area contributed by atoms with Crippen LogP contribution in [0.5, 0.6) is 11.5 Å². The Balaban J connectivity index is 1.88. The Morgan fingerprint density at radius 2 is 1.75 bits per heavy atom. The first-order chi connectivity index (χ1) is 13.5. The average Bonchev–Trinajstić information content (AvgIpc) is 2.67. The Morgan fingerprint density at radius 3 is 2.43 bits per heavy atom. The summed E-state index contributed by atoms with van der Waals surface area (Å²) in [6.45, 7) is 9.83. The fourth-order valence-electron chi connectivity index (χ4n) is 3.83. The molecule has 0 aliphatic carbocycles. The third kappa shape index (κ3) is 4.86. The molecule has 4 nitrogen and oxygen atoms in total. The molecule has 1 heterocycles. The highest BCUT2D eigenvalue weighted by molar-refractivity contribution is 5.48. The summed E-state index contributed by atoms with van der Waals surface area (Å²) >= 11 is 0. The molecular weight excluding hydrogens is 348 g/mol. The van der Waals surface area contributed by atoms with Crippen LogP contribution in [0.4, 0.5) is 0 Å². The number of benzene rings is 2. The standard InChI is InChI=1S/C24H34N2O2/c1-6-27-20-8-10-22(23(16-20)17(2)3)24-21-9-7-19(28-14-13-26(4)5)15-18(21)11-12-25-24/h7-10,15-17,24-25H,6,11-14H2,1-5H3. The fraction of sp³-hybridized carbons (Fsp3) is 0.500. The van der Waals surface area contributed by atoms with Crippen LogP contribution < -0.4 is 14.8 Å². The van der Waals surface area contributed by atoms with E-state index in [1.165, 1.54) is 22.3 Å². The van der Waals surface area contributed by atoms with E-state index in [1.54, 1.807) is 0 Å². The van der Waals surface area contributed by atoms with Gasteiger partial charge in [0.15, 0.2) is 0 Å². The second-order valence-corrected chi connectivity index (χ2v) is 8.03. The highest BCUT2D eigenvalue weighted by Crippen LogP contribution is 2.36. The van der Waals surface area contributed by atoms with E-state index in [9.17, 15) is 0 Å². The summed E-state index contributed by atoms with van der Waals surface area (Å²) in [5.41, 5.74) is 5.44. The topological polar surface area (TPSA) is 33.7 Å². The van der Waals surface area contributed by atoms with Gasteiger partial charge in [0.1, 0.15) is 18.1 Å². The number of rotatable bonds is 8. The Bertz CT molecular complexity index is 786. The smallest absolute Gasteiger partial charge is 0.119 e. The predicted molar refractivity (Wildman–Crippen MR) is 116 cm³/mol. The van der Waals surface area contributed by atoms with E-state index < -0.39 is 0 Å². The zero-order valence-electron chi connectivity index (χ0n) is 17.9. The van der Waals surface area contributed by atoms with Gasteiger partial charge in [-0.3, -0.25) is 0 Å². The van der Waals surface area contributed by atoms with Crippen LogP contribution in [0.15, 0.2) is 36.4 Å². The molecule has 4 heteroatoms. The molecule has 0 saturated heterocycles. The maximum absolute atomic E-state index is 5.95. The number of hydrogen-bond donors (Lipinski definition) is 1. The summed E-state index contributed by atoms with van der Waals surface area (Å²) < 4.78 is 11.7. The van der Waals surface area contributed by atoms with Gasteiger partial charge in [-0.05, 0) is 79.9 Å². The predicted octanol–water partition coefficient (Wildman–Crippen LogP) is 4.38. The van der Waals surface area contributed by atoms with Crippen molar-refractivity contribution in [2.75, 3.05) is 40.4 Å². The van der Waals surface area contributed by atoms with Crippen molar-refractivity contribution in [3.8, 4) is 11.5 Å². The second kappa shape index (κ2) is 9.44. The zero-order valence-corrected chi connectivity index (χ0v) is 17.9. The molecular formula is C24H34N2O2. The van der Waals surface area contributed by atoms with Crippen LogP contribution in [0.25, 0.3) is 0 Å². The molecule has 0 saturated carbocycles. The molecule has 0 radical (unpaired) electrons. The summed E-state index contributed by atoms with van der Waals surface area (Å²) in [6, 6.07) is 13.3. The van der Waals surface area contributed by atoms with Crippen molar-refractivity contribution in [3.05, 3.63) is 58.7 Å². The highest BCUT2D eigenvalue weighted by atomic mass is 16.5. The molecule has 0 aromatic heterocycles. The minimum atomic E-state index is 0.215. The molecule has 3 rings (SSSR count). The Hall–Kier alpha value is -2.04. The Morgan fingerprint density at radius 1 is 1.04 bits per heavy atom. The van der Waals surface area contributed by atoms with Crippen LogP contribution in [0.1, 0.15) is 55.0 Å². The first kappa shape index (κ1) is 20.7. The van der Waals surface area contributed by atoms with Crippen LogP contribution in [-0.2, 0) is 6.42 Å². The van der Waals surface area contributed by atoms with Crippen molar-refractivity contribution in [1.29, 1.82) is 0 Å². The number of hydrogen-bond acceptors (Lipinski definition) is 4. The number of nitrogens with one attached hydrogen (secondary N) is 1. The molecule has 2 aromatic rings. The maximum atomic E-state index is 5.95. The Kier molecular flexibility index (Phi) is 6.97. The Labute approximate surface area is 169 Å². The first-order valence-electron chi connectivity index (χ1n) is 10.4. The maximum Gasteiger partial charge on any atom is 0.119 e. The minimum absolute atomic E-state index is 0.215. The van der Waals surface area contributed by atoms with Gasteiger partial charge < -0.3 is 19.7 Å².